The van der Waals surface area contributed by atoms with Gasteiger partial charge in [0.1, 0.15) is 0 Å². The summed E-state index contributed by atoms with van der Waals surface area (Å²) < 4.78 is 0. The van der Waals surface area contributed by atoms with Crippen LogP contribution in [0.2, 0.25) is 0 Å². The van der Waals surface area contributed by atoms with Gasteiger partial charge in [-0.3, -0.25) is 4.90 Å². The quantitative estimate of drug-likeness (QED) is 0.643. The Hall–Kier alpha value is 0.0500. The lowest BCUT2D eigenvalue weighted by molar-refractivity contribution is 0.270. The molecule has 1 aliphatic heterocycles. The lowest BCUT2D eigenvalue weighted by atomic mass is 10.1. The molecule has 0 aromatic heterocycles. The van der Waals surface area contributed by atoms with E-state index in [9.17, 15) is 0 Å². The van der Waals surface area contributed by atoms with Crippen molar-refractivity contribution < 1.29 is 0 Å². The second kappa shape index (κ2) is 5.71. The van der Waals surface area contributed by atoms with E-state index in [4.69, 9.17) is 0 Å². The van der Waals surface area contributed by atoms with Gasteiger partial charge < -0.3 is 0 Å². The Morgan fingerprint density at radius 2 is 2.31 bits per heavy atom. The van der Waals surface area contributed by atoms with Crippen LogP contribution in [0.3, 0.4) is 0 Å². The van der Waals surface area contributed by atoms with E-state index in [1.54, 1.807) is 0 Å². The van der Waals surface area contributed by atoms with Gasteiger partial charge in [0.25, 0.3) is 0 Å². The summed E-state index contributed by atoms with van der Waals surface area (Å²) in [5.74, 6) is 2.69. The summed E-state index contributed by atoms with van der Waals surface area (Å²) in [7, 11) is 2.25. The predicted molar refractivity (Wildman–Crippen MR) is 62.4 cm³/mol. The first-order valence-electron chi connectivity index (χ1n) is 5.11. The second-order valence-corrected chi connectivity index (χ2v) is 5.24. The Labute approximate surface area is 86.6 Å². The fraction of sp³-hybridized carbons (Fsp3) is 0.818. The van der Waals surface area contributed by atoms with E-state index in [-0.39, 0.29) is 0 Å². The molecule has 1 aliphatic rings. The van der Waals surface area contributed by atoms with Gasteiger partial charge >= 0.3 is 0 Å². The maximum Gasteiger partial charge on any atom is 0.0186 e. The molecule has 0 spiro atoms. The van der Waals surface area contributed by atoms with Gasteiger partial charge in [0.2, 0.25) is 0 Å². The van der Waals surface area contributed by atoms with Crippen LogP contribution < -0.4 is 0 Å². The number of hydrogen-bond donors (Lipinski definition) is 0. The summed E-state index contributed by atoms with van der Waals surface area (Å²) in [6.45, 7) is 5.46. The normalized spacial score (nSPS) is 23.2. The van der Waals surface area contributed by atoms with Crippen LogP contribution in [0.15, 0.2) is 11.6 Å². The molecule has 1 nitrogen and oxygen atoms in total. The minimum atomic E-state index is 0.814. The summed E-state index contributed by atoms with van der Waals surface area (Å²) in [6.07, 6.45) is 5.11. The fourth-order valence-corrected chi connectivity index (χ4v) is 2.78. The highest BCUT2D eigenvalue weighted by atomic mass is 32.2. The molecule has 1 heterocycles. The van der Waals surface area contributed by atoms with Gasteiger partial charge in [-0.15, -0.1) is 0 Å². The topological polar surface area (TPSA) is 3.24 Å². The SMILES string of the molecule is CC(C)=CCN(C)C1CCCSC1. The highest BCUT2D eigenvalue weighted by Crippen LogP contribution is 2.20. The molecule has 76 valence electrons. The molecule has 1 rings (SSSR count). The molecule has 0 bridgehead atoms. The second-order valence-electron chi connectivity index (χ2n) is 4.09. The number of allylic oxidation sites excluding steroid dienone is 1. The molecule has 13 heavy (non-hydrogen) atoms. The first-order chi connectivity index (χ1) is 6.20. The lowest BCUT2D eigenvalue weighted by Crippen LogP contribution is -2.35. The molecule has 1 saturated heterocycles. The van der Waals surface area contributed by atoms with Crippen molar-refractivity contribution in [3.05, 3.63) is 11.6 Å². The minimum absolute atomic E-state index is 0.814. The highest BCUT2D eigenvalue weighted by molar-refractivity contribution is 7.99. The van der Waals surface area contributed by atoms with Crippen molar-refractivity contribution in [2.24, 2.45) is 0 Å². The molecule has 0 radical (unpaired) electrons. The summed E-state index contributed by atoms with van der Waals surface area (Å²) in [5, 5.41) is 0. The Balaban J connectivity index is 2.28. The minimum Gasteiger partial charge on any atom is -0.299 e. The number of rotatable bonds is 3. The van der Waals surface area contributed by atoms with Gasteiger partial charge in [-0.25, -0.2) is 0 Å². The molecule has 0 saturated carbocycles. The van der Waals surface area contributed by atoms with Crippen molar-refractivity contribution in [2.45, 2.75) is 32.7 Å². The molecular formula is C11H21NS. The van der Waals surface area contributed by atoms with Gasteiger partial charge in [0.15, 0.2) is 0 Å². The molecule has 0 aliphatic carbocycles. The predicted octanol–water partition coefficient (Wildman–Crippen LogP) is 2.78. The number of nitrogens with zero attached hydrogens (tertiary/aromatic N) is 1. The van der Waals surface area contributed by atoms with Crippen LogP contribution >= 0.6 is 11.8 Å². The summed E-state index contributed by atoms with van der Waals surface area (Å²) in [5.41, 5.74) is 1.43. The Bertz CT molecular complexity index is 167. The molecule has 0 aromatic carbocycles. The maximum atomic E-state index is 2.49. The van der Waals surface area contributed by atoms with Gasteiger partial charge in [-0.1, -0.05) is 11.6 Å². The maximum absolute atomic E-state index is 2.49. The molecule has 0 amide bonds. The molecule has 2 heteroatoms. The smallest absolute Gasteiger partial charge is 0.0186 e. The highest BCUT2D eigenvalue weighted by Gasteiger charge is 2.16. The van der Waals surface area contributed by atoms with Crippen molar-refractivity contribution in [3.63, 3.8) is 0 Å². The first-order valence-corrected chi connectivity index (χ1v) is 6.27. The Morgan fingerprint density at radius 1 is 1.54 bits per heavy atom. The average Bonchev–Trinajstić information content (AvgIpc) is 2.15. The number of thioether (sulfide) groups is 1. The Kier molecular flexibility index (Phi) is 4.89. The van der Waals surface area contributed by atoms with Gasteiger partial charge in [-0.2, -0.15) is 11.8 Å². The standard InChI is InChI=1S/C11H21NS/c1-10(2)6-7-12(3)11-5-4-8-13-9-11/h6,11H,4-5,7-9H2,1-3H3. The zero-order valence-electron chi connectivity index (χ0n) is 9.05. The third-order valence-electron chi connectivity index (χ3n) is 2.55. The van der Waals surface area contributed by atoms with Gasteiger partial charge in [0.05, 0.1) is 0 Å². The Morgan fingerprint density at radius 3 is 2.85 bits per heavy atom. The molecule has 0 aromatic rings. The van der Waals surface area contributed by atoms with E-state index in [0.29, 0.717) is 0 Å². The fourth-order valence-electron chi connectivity index (χ4n) is 1.55. The van der Waals surface area contributed by atoms with Crippen LogP contribution in [-0.2, 0) is 0 Å². The molecule has 1 atom stereocenters. The lowest BCUT2D eigenvalue weighted by Gasteiger charge is -2.30. The van der Waals surface area contributed by atoms with Crippen molar-refractivity contribution in [1.82, 2.24) is 4.90 Å². The van der Waals surface area contributed by atoms with Crippen molar-refractivity contribution >= 4 is 11.8 Å². The first kappa shape index (κ1) is 11.1. The van der Waals surface area contributed by atoms with Crippen LogP contribution in [-0.4, -0.2) is 36.0 Å². The van der Waals surface area contributed by atoms with Crippen LogP contribution in [0.25, 0.3) is 0 Å². The van der Waals surface area contributed by atoms with E-state index < -0.39 is 0 Å². The third-order valence-corrected chi connectivity index (χ3v) is 3.74. The van der Waals surface area contributed by atoms with Crippen LogP contribution in [0.4, 0.5) is 0 Å². The summed E-state index contributed by atoms with van der Waals surface area (Å²) in [6, 6.07) is 0.814. The van der Waals surface area contributed by atoms with E-state index in [0.717, 1.165) is 12.6 Å². The zero-order valence-corrected chi connectivity index (χ0v) is 9.86. The molecule has 0 N–H and O–H groups in total. The van der Waals surface area contributed by atoms with Crippen LogP contribution in [0.1, 0.15) is 26.7 Å². The van der Waals surface area contributed by atoms with Crippen molar-refractivity contribution in [3.8, 4) is 0 Å². The zero-order chi connectivity index (χ0) is 9.68. The van der Waals surface area contributed by atoms with Gasteiger partial charge in [0, 0.05) is 18.3 Å². The van der Waals surface area contributed by atoms with E-state index in [1.165, 1.54) is 29.9 Å². The van der Waals surface area contributed by atoms with E-state index in [1.807, 2.05) is 0 Å². The molecule has 1 fully saturated rings. The van der Waals surface area contributed by atoms with Crippen LogP contribution in [0.5, 0.6) is 0 Å². The number of hydrogen-bond acceptors (Lipinski definition) is 2. The summed E-state index contributed by atoms with van der Waals surface area (Å²) in [4.78, 5) is 2.49. The van der Waals surface area contributed by atoms with Crippen molar-refractivity contribution in [1.29, 1.82) is 0 Å². The summed E-state index contributed by atoms with van der Waals surface area (Å²) >= 11 is 2.10. The molecular weight excluding hydrogens is 178 g/mol. The average molecular weight is 199 g/mol. The van der Waals surface area contributed by atoms with E-state index >= 15 is 0 Å². The van der Waals surface area contributed by atoms with E-state index in [2.05, 4.69) is 43.6 Å². The molecule has 1 unspecified atom stereocenters. The van der Waals surface area contributed by atoms with Gasteiger partial charge in [-0.05, 0) is 39.5 Å². The monoisotopic (exact) mass is 199 g/mol. The van der Waals surface area contributed by atoms with Crippen LogP contribution in [0, 0.1) is 0 Å². The van der Waals surface area contributed by atoms with Crippen molar-refractivity contribution in [2.75, 3.05) is 25.1 Å². The third kappa shape index (κ3) is 4.19. The largest absolute Gasteiger partial charge is 0.299 e. The number of likely N-dealkylation sites (N-methyl/N-ethyl adjacent to an activating group) is 1.